The Hall–Kier alpha value is -2.28. The molecule has 1 fully saturated rings. The summed E-state index contributed by atoms with van der Waals surface area (Å²) in [7, 11) is 0. The lowest BCUT2D eigenvalue weighted by Gasteiger charge is -2.22. The van der Waals surface area contributed by atoms with E-state index < -0.39 is 5.91 Å². The number of hydrogen-bond acceptors (Lipinski definition) is 4. The largest absolute Gasteiger partial charge is 0.484 e. The monoisotopic (exact) mass is 390 g/mol. The maximum atomic E-state index is 10.8. The number of guanidine groups is 1. The second kappa shape index (κ2) is 13.0. The number of nitrogens with one attached hydrogen (secondary N) is 2. The fourth-order valence-electron chi connectivity index (χ4n) is 3.16. The van der Waals surface area contributed by atoms with Crippen molar-refractivity contribution in [3.05, 3.63) is 29.8 Å². The second-order valence-corrected chi connectivity index (χ2v) is 7.01. The number of amides is 1. The summed E-state index contributed by atoms with van der Waals surface area (Å²) in [5.74, 6) is 0.905. The Morgan fingerprint density at radius 1 is 1.25 bits per heavy atom. The third-order valence-electron chi connectivity index (χ3n) is 4.56. The molecule has 4 N–H and O–H groups in total. The van der Waals surface area contributed by atoms with Crippen LogP contribution in [0.25, 0.3) is 0 Å². The Kier molecular flexibility index (Phi) is 10.2. The van der Waals surface area contributed by atoms with Crippen molar-refractivity contribution < 1.29 is 14.3 Å². The van der Waals surface area contributed by atoms with Crippen molar-refractivity contribution >= 4 is 11.9 Å². The molecule has 0 unspecified atom stereocenters. The number of nitrogens with zero attached hydrogens (tertiary/aromatic N) is 1. The van der Waals surface area contributed by atoms with Crippen LogP contribution in [0, 0.1) is 0 Å². The summed E-state index contributed by atoms with van der Waals surface area (Å²) in [4.78, 5) is 15.4. The lowest BCUT2D eigenvalue weighted by Crippen LogP contribution is -2.38. The van der Waals surface area contributed by atoms with Crippen LogP contribution in [0.4, 0.5) is 0 Å². The molecule has 156 valence electrons. The zero-order valence-electron chi connectivity index (χ0n) is 16.9. The molecule has 7 nitrogen and oxygen atoms in total. The average molecular weight is 391 g/mol. The van der Waals surface area contributed by atoms with Crippen molar-refractivity contribution in [3.63, 3.8) is 0 Å². The van der Waals surface area contributed by atoms with Crippen molar-refractivity contribution in [3.8, 4) is 5.75 Å². The molecule has 0 atom stereocenters. The van der Waals surface area contributed by atoms with E-state index >= 15 is 0 Å². The van der Waals surface area contributed by atoms with Crippen LogP contribution in [0.2, 0.25) is 0 Å². The van der Waals surface area contributed by atoms with Crippen LogP contribution in [0.3, 0.4) is 0 Å². The van der Waals surface area contributed by atoms with E-state index in [0.717, 1.165) is 37.6 Å². The van der Waals surface area contributed by atoms with Crippen molar-refractivity contribution in [2.24, 2.45) is 10.7 Å². The SMILES string of the molecule is CCNC(=NCc1cccc(OCC(N)=O)c1)NCCCOC1CCCCC1. The number of aliphatic imine (C=N–C) groups is 1. The molecule has 0 bridgehead atoms. The van der Waals surface area contributed by atoms with Gasteiger partial charge < -0.3 is 25.8 Å². The molecular weight excluding hydrogens is 356 g/mol. The molecule has 0 heterocycles. The molecule has 0 aliphatic heterocycles. The normalized spacial score (nSPS) is 15.2. The highest BCUT2D eigenvalue weighted by Gasteiger charge is 2.12. The van der Waals surface area contributed by atoms with Crippen LogP contribution in [-0.2, 0) is 16.1 Å². The summed E-state index contributed by atoms with van der Waals surface area (Å²) in [6, 6.07) is 7.52. The minimum atomic E-state index is -0.491. The van der Waals surface area contributed by atoms with Gasteiger partial charge in [0.2, 0.25) is 0 Å². The van der Waals surface area contributed by atoms with Gasteiger partial charge in [-0.05, 0) is 43.9 Å². The molecule has 1 aromatic carbocycles. The lowest BCUT2D eigenvalue weighted by molar-refractivity contribution is -0.119. The quantitative estimate of drug-likeness (QED) is 0.306. The average Bonchev–Trinajstić information content (AvgIpc) is 2.71. The molecule has 0 aromatic heterocycles. The van der Waals surface area contributed by atoms with Gasteiger partial charge in [-0.25, -0.2) is 4.99 Å². The number of benzene rings is 1. The van der Waals surface area contributed by atoms with Crippen LogP contribution in [-0.4, -0.2) is 44.3 Å². The summed E-state index contributed by atoms with van der Waals surface area (Å²) in [5.41, 5.74) is 6.11. The van der Waals surface area contributed by atoms with Crippen LogP contribution < -0.4 is 21.1 Å². The standard InChI is InChI=1S/C21H34N4O3/c1-2-23-21(24-12-7-13-27-18-9-4-3-5-10-18)25-15-17-8-6-11-19(14-17)28-16-20(22)26/h6,8,11,14,18H,2-5,7,9-10,12-13,15-16H2,1H3,(H2,22,26)(H2,23,24,25). The maximum Gasteiger partial charge on any atom is 0.255 e. The molecule has 2 rings (SSSR count). The van der Waals surface area contributed by atoms with Gasteiger partial charge in [0.1, 0.15) is 5.75 Å². The van der Waals surface area contributed by atoms with Crippen LogP contribution in [0.5, 0.6) is 5.75 Å². The van der Waals surface area contributed by atoms with Gasteiger partial charge in [-0.15, -0.1) is 0 Å². The molecule has 28 heavy (non-hydrogen) atoms. The molecule has 1 saturated carbocycles. The summed E-state index contributed by atoms with van der Waals surface area (Å²) in [5, 5.41) is 6.60. The first-order chi connectivity index (χ1) is 13.7. The van der Waals surface area contributed by atoms with E-state index in [1.165, 1.54) is 32.1 Å². The van der Waals surface area contributed by atoms with Gasteiger partial charge in [-0.1, -0.05) is 31.4 Å². The minimum Gasteiger partial charge on any atom is -0.484 e. The maximum absolute atomic E-state index is 10.8. The molecule has 1 amide bonds. The summed E-state index contributed by atoms with van der Waals surface area (Å²) < 4.78 is 11.3. The highest BCUT2D eigenvalue weighted by Crippen LogP contribution is 2.20. The molecule has 0 saturated heterocycles. The number of carbonyl (C=O) groups excluding carboxylic acids is 1. The highest BCUT2D eigenvalue weighted by molar-refractivity contribution is 5.79. The van der Waals surface area contributed by atoms with Gasteiger partial charge >= 0.3 is 0 Å². The topological polar surface area (TPSA) is 98.0 Å². The molecule has 1 aromatic rings. The van der Waals surface area contributed by atoms with E-state index in [1.54, 1.807) is 6.07 Å². The summed E-state index contributed by atoms with van der Waals surface area (Å²) in [6.45, 7) is 4.84. The third-order valence-corrected chi connectivity index (χ3v) is 4.56. The van der Waals surface area contributed by atoms with Gasteiger partial charge in [-0.3, -0.25) is 4.79 Å². The summed E-state index contributed by atoms with van der Waals surface area (Å²) >= 11 is 0. The Balaban J connectivity index is 1.73. The number of hydrogen-bond donors (Lipinski definition) is 3. The van der Waals surface area contributed by atoms with Gasteiger partial charge in [0.15, 0.2) is 12.6 Å². The van der Waals surface area contributed by atoms with E-state index in [4.69, 9.17) is 15.2 Å². The molecule has 1 aliphatic rings. The van der Waals surface area contributed by atoms with Crippen molar-refractivity contribution in [1.29, 1.82) is 0 Å². The van der Waals surface area contributed by atoms with Crippen molar-refractivity contribution in [2.45, 2.75) is 58.1 Å². The van der Waals surface area contributed by atoms with E-state index in [0.29, 0.717) is 18.4 Å². The number of ether oxygens (including phenoxy) is 2. The predicted octanol–water partition coefficient (Wildman–Crippen LogP) is 2.35. The van der Waals surface area contributed by atoms with Crippen molar-refractivity contribution in [2.75, 3.05) is 26.3 Å². The number of carbonyl (C=O) groups is 1. The van der Waals surface area contributed by atoms with E-state index in [2.05, 4.69) is 15.6 Å². The van der Waals surface area contributed by atoms with E-state index in [9.17, 15) is 4.79 Å². The third kappa shape index (κ3) is 9.08. The first-order valence-electron chi connectivity index (χ1n) is 10.3. The second-order valence-electron chi connectivity index (χ2n) is 7.01. The van der Waals surface area contributed by atoms with Gasteiger partial charge in [0.05, 0.1) is 12.6 Å². The van der Waals surface area contributed by atoms with Crippen molar-refractivity contribution in [1.82, 2.24) is 10.6 Å². The van der Waals surface area contributed by atoms with Crippen LogP contribution >= 0.6 is 0 Å². The fraction of sp³-hybridized carbons (Fsp3) is 0.619. The van der Waals surface area contributed by atoms with E-state index in [1.807, 2.05) is 25.1 Å². The van der Waals surface area contributed by atoms with Gasteiger partial charge in [-0.2, -0.15) is 0 Å². The fourth-order valence-corrected chi connectivity index (χ4v) is 3.16. The van der Waals surface area contributed by atoms with Crippen LogP contribution in [0.15, 0.2) is 29.3 Å². The Morgan fingerprint density at radius 2 is 2.07 bits per heavy atom. The molecule has 7 heteroatoms. The first kappa shape index (κ1) is 22.0. The lowest BCUT2D eigenvalue weighted by atomic mass is 9.98. The molecule has 1 aliphatic carbocycles. The highest BCUT2D eigenvalue weighted by atomic mass is 16.5. The Morgan fingerprint density at radius 3 is 2.82 bits per heavy atom. The molecule has 0 radical (unpaired) electrons. The molecular formula is C21H34N4O3. The van der Waals surface area contributed by atoms with Gasteiger partial charge in [0.25, 0.3) is 5.91 Å². The zero-order valence-corrected chi connectivity index (χ0v) is 16.9. The number of nitrogens with two attached hydrogens (primary N) is 1. The Labute approximate surface area is 168 Å². The number of rotatable bonds is 11. The zero-order chi connectivity index (χ0) is 20.0. The van der Waals surface area contributed by atoms with Gasteiger partial charge in [0, 0.05) is 19.7 Å². The molecule has 0 spiro atoms. The van der Waals surface area contributed by atoms with Crippen LogP contribution in [0.1, 0.15) is 51.0 Å². The number of primary amides is 1. The summed E-state index contributed by atoms with van der Waals surface area (Å²) in [6.07, 6.45) is 7.78. The van der Waals surface area contributed by atoms with E-state index in [-0.39, 0.29) is 6.61 Å². The predicted molar refractivity (Wildman–Crippen MR) is 111 cm³/mol. The first-order valence-corrected chi connectivity index (χ1v) is 10.3. The smallest absolute Gasteiger partial charge is 0.255 e. The minimum absolute atomic E-state index is 0.125. The Bertz CT molecular complexity index is 615.